The summed E-state index contributed by atoms with van der Waals surface area (Å²) < 4.78 is 15.1. The Hall–Kier alpha value is -2.34. The zero-order valence-corrected chi connectivity index (χ0v) is 11.3. The molecule has 0 aromatic carbocycles. The molecule has 0 fully saturated rings. The number of pyridine rings is 2. The molecule has 3 aromatic heterocycles. The van der Waals surface area contributed by atoms with Crippen molar-refractivity contribution in [3.63, 3.8) is 0 Å². The number of hydrogen-bond donors (Lipinski definition) is 1. The Bertz CT molecular complexity index is 782. The van der Waals surface area contributed by atoms with E-state index in [9.17, 15) is 4.39 Å². The smallest absolute Gasteiger partial charge is 0.139 e. The molecule has 0 aliphatic heterocycles. The topological polar surface area (TPSA) is 56.2 Å². The minimum Gasteiger partial charge on any atom is -0.393 e. The molecule has 0 atom stereocenters. The third kappa shape index (κ3) is 2.25. The maximum Gasteiger partial charge on any atom is 0.139 e. The van der Waals surface area contributed by atoms with Gasteiger partial charge in [-0.25, -0.2) is 9.37 Å². The van der Waals surface area contributed by atoms with Crippen LogP contribution in [0.1, 0.15) is 5.69 Å². The van der Waals surface area contributed by atoms with Gasteiger partial charge >= 0.3 is 0 Å². The molecule has 4 nitrogen and oxygen atoms in total. The monoisotopic (exact) mass is 286 g/mol. The second-order valence-corrected chi connectivity index (χ2v) is 4.89. The average molecular weight is 286 g/mol. The van der Waals surface area contributed by atoms with Gasteiger partial charge in [0.25, 0.3) is 0 Å². The number of nitrogens with two attached hydrogens (primary N) is 1. The van der Waals surface area contributed by atoms with E-state index in [0.717, 1.165) is 17.0 Å². The maximum atomic E-state index is 13.4. The molecule has 6 heteroatoms. The van der Waals surface area contributed by atoms with Crippen molar-refractivity contribution in [3.8, 4) is 11.3 Å². The predicted molar refractivity (Wildman–Crippen MR) is 78.9 cm³/mol. The summed E-state index contributed by atoms with van der Waals surface area (Å²) in [5.74, 6) is -0.336. The molecule has 0 radical (unpaired) electrons. The molecule has 20 heavy (non-hydrogen) atoms. The fraction of sp³-hybridized carbons (Fsp3) is 0.0714. The lowest BCUT2D eigenvalue weighted by Gasteiger charge is -2.04. The van der Waals surface area contributed by atoms with Gasteiger partial charge in [-0.05, 0) is 24.3 Å². The summed E-state index contributed by atoms with van der Waals surface area (Å²) in [4.78, 5) is 8.93. The number of aromatic nitrogens is 3. The minimum absolute atomic E-state index is 0.334. The van der Waals surface area contributed by atoms with Gasteiger partial charge in [-0.3, -0.25) is 4.98 Å². The predicted octanol–water partition coefficient (Wildman–Crippen LogP) is 2.36. The Morgan fingerprint density at radius 2 is 2.20 bits per heavy atom. The summed E-state index contributed by atoms with van der Waals surface area (Å²) >= 11 is 4.98. The quantitative estimate of drug-likeness (QED) is 0.751. The molecule has 2 N–H and O–H groups in total. The van der Waals surface area contributed by atoms with E-state index in [0.29, 0.717) is 17.1 Å². The molecule has 0 unspecified atom stereocenters. The maximum absolute atomic E-state index is 13.4. The van der Waals surface area contributed by atoms with Gasteiger partial charge in [-0.1, -0.05) is 12.2 Å². The van der Waals surface area contributed by atoms with Crippen LogP contribution in [0.2, 0.25) is 0 Å². The lowest BCUT2D eigenvalue weighted by Crippen LogP contribution is -2.13. The van der Waals surface area contributed by atoms with Crippen molar-refractivity contribution < 1.29 is 4.39 Å². The van der Waals surface area contributed by atoms with E-state index in [1.165, 1.54) is 12.3 Å². The summed E-state index contributed by atoms with van der Waals surface area (Å²) in [6.45, 7) is 0. The molecule has 0 spiro atoms. The SMILES string of the molecule is NC(=S)Cc1c(-c2cccnc2)nc2ccc(F)cn12. The first-order chi connectivity index (χ1) is 9.65. The molecule has 3 aromatic rings. The van der Waals surface area contributed by atoms with Crippen molar-refractivity contribution in [3.05, 3.63) is 54.4 Å². The summed E-state index contributed by atoms with van der Waals surface area (Å²) in [7, 11) is 0. The highest BCUT2D eigenvalue weighted by Gasteiger charge is 2.15. The van der Waals surface area contributed by atoms with Gasteiger partial charge in [0.15, 0.2) is 0 Å². The van der Waals surface area contributed by atoms with Crippen LogP contribution in [0.25, 0.3) is 16.9 Å². The van der Waals surface area contributed by atoms with E-state index in [-0.39, 0.29) is 5.82 Å². The molecule has 0 aliphatic rings. The molecule has 3 rings (SSSR count). The third-order valence-electron chi connectivity index (χ3n) is 2.96. The van der Waals surface area contributed by atoms with E-state index in [1.54, 1.807) is 22.9 Å². The Kier molecular flexibility index (Phi) is 3.15. The van der Waals surface area contributed by atoms with Crippen LogP contribution in [0.5, 0.6) is 0 Å². The van der Waals surface area contributed by atoms with E-state index < -0.39 is 0 Å². The van der Waals surface area contributed by atoms with Gasteiger partial charge < -0.3 is 10.1 Å². The lowest BCUT2D eigenvalue weighted by atomic mass is 10.1. The summed E-state index contributed by atoms with van der Waals surface area (Å²) in [6, 6.07) is 6.72. The average Bonchev–Trinajstić information content (AvgIpc) is 2.77. The first-order valence-corrected chi connectivity index (χ1v) is 6.41. The Morgan fingerprint density at radius 1 is 1.35 bits per heavy atom. The zero-order chi connectivity index (χ0) is 14.1. The standard InChI is InChI=1S/C14H11FN4S/c15-10-3-4-13-18-14(9-2-1-5-17-7-9)11(6-12(16)20)19(13)8-10/h1-5,7-8H,6H2,(H2,16,20). The summed E-state index contributed by atoms with van der Waals surface area (Å²) in [5.41, 5.74) is 8.62. The van der Waals surface area contributed by atoms with Gasteiger partial charge in [0.1, 0.15) is 11.5 Å². The van der Waals surface area contributed by atoms with Gasteiger partial charge in [-0.15, -0.1) is 0 Å². The van der Waals surface area contributed by atoms with E-state index in [4.69, 9.17) is 18.0 Å². The van der Waals surface area contributed by atoms with Crippen molar-refractivity contribution in [2.45, 2.75) is 6.42 Å². The van der Waals surface area contributed by atoms with E-state index >= 15 is 0 Å². The number of rotatable bonds is 3. The number of imidazole rings is 1. The highest BCUT2D eigenvalue weighted by Crippen LogP contribution is 2.24. The molecule has 0 saturated carbocycles. The van der Waals surface area contributed by atoms with Crippen LogP contribution in [0.15, 0.2) is 42.9 Å². The number of halogens is 1. The van der Waals surface area contributed by atoms with Crippen molar-refractivity contribution >= 4 is 22.9 Å². The summed E-state index contributed by atoms with van der Waals surface area (Å²) in [5, 5.41) is 0. The Labute approximate surface area is 120 Å². The van der Waals surface area contributed by atoms with Crippen LogP contribution < -0.4 is 5.73 Å². The van der Waals surface area contributed by atoms with Crippen LogP contribution in [0.4, 0.5) is 4.39 Å². The lowest BCUT2D eigenvalue weighted by molar-refractivity contribution is 0.618. The van der Waals surface area contributed by atoms with Crippen molar-refractivity contribution in [1.82, 2.24) is 14.4 Å². The Balaban J connectivity index is 2.28. The Morgan fingerprint density at radius 3 is 2.90 bits per heavy atom. The van der Waals surface area contributed by atoms with Crippen molar-refractivity contribution in [2.75, 3.05) is 0 Å². The number of hydrogen-bond acceptors (Lipinski definition) is 3. The zero-order valence-electron chi connectivity index (χ0n) is 10.5. The molecule has 0 aliphatic carbocycles. The molecular formula is C14H11FN4S. The van der Waals surface area contributed by atoms with E-state index in [1.807, 2.05) is 12.1 Å². The fourth-order valence-electron chi connectivity index (χ4n) is 2.14. The molecule has 0 saturated heterocycles. The largest absolute Gasteiger partial charge is 0.393 e. The van der Waals surface area contributed by atoms with Gasteiger partial charge in [0.2, 0.25) is 0 Å². The van der Waals surface area contributed by atoms with Crippen LogP contribution in [-0.4, -0.2) is 19.4 Å². The van der Waals surface area contributed by atoms with E-state index in [2.05, 4.69) is 9.97 Å². The molecular weight excluding hydrogens is 275 g/mol. The second-order valence-electron chi connectivity index (χ2n) is 4.37. The van der Waals surface area contributed by atoms with Crippen molar-refractivity contribution in [2.24, 2.45) is 5.73 Å². The summed E-state index contributed by atoms with van der Waals surface area (Å²) in [6.07, 6.45) is 5.13. The molecule has 0 amide bonds. The second kappa shape index (κ2) is 4.97. The first-order valence-electron chi connectivity index (χ1n) is 6.00. The molecule has 3 heterocycles. The normalized spacial score (nSPS) is 10.8. The first kappa shape index (κ1) is 12.7. The van der Waals surface area contributed by atoms with Crippen LogP contribution in [-0.2, 0) is 6.42 Å². The molecule has 100 valence electrons. The van der Waals surface area contributed by atoms with Gasteiger partial charge in [0.05, 0.1) is 16.4 Å². The van der Waals surface area contributed by atoms with Crippen molar-refractivity contribution in [1.29, 1.82) is 0 Å². The third-order valence-corrected chi connectivity index (χ3v) is 3.10. The van der Waals surface area contributed by atoms with Gasteiger partial charge in [-0.2, -0.15) is 0 Å². The fourth-order valence-corrected chi connectivity index (χ4v) is 2.27. The van der Waals surface area contributed by atoms with Crippen LogP contribution in [0, 0.1) is 5.82 Å². The highest BCUT2D eigenvalue weighted by atomic mass is 32.1. The highest BCUT2D eigenvalue weighted by molar-refractivity contribution is 7.80. The van der Waals surface area contributed by atoms with Crippen LogP contribution >= 0.6 is 12.2 Å². The number of thiocarbonyl (C=S) groups is 1. The minimum atomic E-state index is -0.336. The van der Waals surface area contributed by atoms with Gasteiger partial charge in [0, 0.05) is 30.6 Å². The molecule has 0 bridgehead atoms. The number of nitrogens with zero attached hydrogens (tertiary/aromatic N) is 3. The number of fused-ring (bicyclic) bond motifs is 1. The van der Waals surface area contributed by atoms with Crippen LogP contribution in [0.3, 0.4) is 0 Å².